The fraction of sp³-hybridized carbons (Fsp3) is 0.759. The predicted octanol–water partition coefficient (Wildman–Crippen LogP) is 4.14. The SMILES string of the molecule is COc1cc(C)c(S(=O)N(C)CCC(=O)NC2CCC(N3CCC(CN4CCC(F)(F)C4)CC3)CC2)c(C)c1. The molecule has 1 aromatic rings. The zero-order valence-corrected chi connectivity index (χ0v) is 24.8. The molecule has 0 radical (unpaired) electrons. The summed E-state index contributed by atoms with van der Waals surface area (Å²) in [6.45, 7) is 7.64. The van der Waals surface area contributed by atoms with Gasteiger partial charge >= 0.3 is 0 Å². The Labute approximate surface area is 235 Å². The van der Waals surface area contributed by atoms with Crippen LogP contribution in [0.25, 0.3) is 0 Å². The average Bonchev–Trinajstić information content (AvgIpc) is 3.25. The number of alkyl halides is 2. The molecule has 220 valence electrons. The lowest BCUT2D eigenvalue weighted by Crippen LogP contribution is -2.47. The molecular formula is C29H46F2N4O3S. The molecule has 10 heteroatoms. The standard InChI is InChI=1S/C29H46F2N4O3S/c1-21-17-26(38-4)18-22(2)28(21)39(37)33(3)13-11-27(36)32-24-5-7-25(8-6-24)35-14-9-23(10-15-35)19-34-16-12-29(30,31)20-34/h17-18,23-25H,5-16,19-20H2,1-4H3,(H,32,36). The smallest absolute Gasteiger partial charge is 0.261 e. The summed E-state index contributed by atoms with van der Waals surface area (Å²) in [6.07, 6.45) is 6.60. The van der Waals surface area contributed by atoms with Gasteiger partial charge in [-0.2, -0.15) is 0 Å². The number of methoxy groups -OCH3 is 1. The van der Waals surface area contributed by atoms with Crippen LogP contribution < -0.4 is 10.1 Å². The molecule has 4 rings (SSSR count). The monoisotopic (exact) mass is 568 g/mol. The van der Waals surface area contributed by atoms with E-state index in [0.717, 1.165) is 79.9 Å². The maximum Gasteiger partial charge on any atom is 0.261 e. The van der Waals surface area contributed by atoms with E-state index in [9.17, 15) is 17.8 Å². The van der Waals surface area contributed by atoms with Gasteiger partial charge in [0.25, 0.3) is 5.92 Å². The number of rotatable bonds is 10. The first kappa shape index (κ1) is 30.3. The lowest BCUT2D eigenvalue weighted by atomic mass is 9.87. The van der Waals surface area contributed by atoms with Crippen LogP contribution in [0.4, 0.5) is 8.78 Å². The minimum atomic E-state index is -2.50. The highest BCUT2D eigenvalue weighted by atomic mass is 32.2. The first-order valence-corrected chi connectivity index (χ1v) is 15.6. The third-order valence-electron chi connectivity index (χ3n) is 8.77. The van der Waals surface area contributed by atoms with Gasteiger partial charge in [0.05, 0.1) is 18.6 Å². The lowest BCUT2D eigenvalue weighted by molar-refractivity contribution is -0.122. The van der Waals surface area contributed by atoms with Crippen molar-refractivity contribution in [1.82, 2.24) is 19.4 Å². The Bertz CT molecular complexity index is 987. The Morgan fingerprint density at radius 3 is 2.31 bits per heavy atom. The molecule has 1 unspecified atom stereocenters. The third-order valence-corrected chi connectivity index (χ3v) is 10.5. The first-order valence-electron chi connectivity index (χ1n) is 14.5. The van der Waals surface area contributed by atoms with Gasteiger partial charge in [-0.05, 0) is 94.6 Å². The van der Waals surface area contributed by atoms with E-state index in [1.54, 1.807) is 18.5 Å². The zero-order chi connectivity index (χ0) is 28.2. The summed E-state index contributed by atoms with van der Waals surface area (Å²) in [4.78, 5) is 18.0. The Hall–Kier alpha value is -1.62. The molecule has 1 atom stereocenters. The zero-order valence-electron chi connectivity index (χ0n) is 24.0. The van der Waals surface area contributed by atoms with Crippen LogP contribution in [0.5, 0.6) is 5.75 Å². The van der Waals surface area contributed by atoms with E-state index < -0.39 is 16.9 Å². The van der Waals surface area contributed by atoms with Crippen LogP contribution in [0.1, 0.15) is 62.5 Å². The minimum Gasteiger partial charge on any atom is -0.497 e. The van der Waals surface area contributed by atoms with Crippen LogP contribution in [-0.4, -0.2) is 95.7 Å². The van der Waals surface area contributed by atoms with E-state index in [2.05, 4.69) is 10.2 Å². The van der Waals surface area contributed by atoms with Gasteiger partial charge in [-0.15, -0.1) is 0 Å². The molecule has 1 aromatic carbocycles. The van der Waals surface area contributed by atoms with Crippen LogP contribution in [0, 0.1) is 19.8 Å². The second kappa shape index (κ2) is 13.4. The molecule has 0 bridgehead atoms. The lowest BCUT2D eigenvalue weighted by Gasteiger charge is -2.41. The number of benzene rings is 1. The van der Waals surface area contributed by atoms with Crippen molar-refractivity contribution in [3.8, 4) is 5.75 Å². The van der Waals surface area contributed by atoms with Crippen molar-refractivity contribution < 1.29 is 22.5 Å². The van der Waals surface area contributed by atoms with Gasteiger partial charge in [0.1, 0.15) is 16.7 Å². The third kappa shape index (κ3) is 8.21. The Kier molecular flexibility index (Phi) is 10.4. The highest BCUT2D eigenvalue weighted by molar-refractivity contribution is 7.82. The van der Waals surface area contributed by atoms with Crippen molar-refractivity contribution in [2.75, 3.05) is 53.4 Å². The largest absolute Gasteiger partial charge is 0.497 e. The molecule has 1 saturated carbocycles. The van der Waals surface area contributed by atoms with E-state index in [0.29, 0.717) is 31.5 Å². The number of hydrogen-bond acceptors (Lipinski definition) is 5. The molecule has 2 saturated heterocycles. The maximum atomic E-state index is 13.5. The van der Waals surface area contributed by atoms with Crippen LogP contribution in [0.15, 0.2) is 17.0 Å². The fourth-order valence-corrected chi connectivity index (χ4v) is 7.75. The van der Waals surface area contributed by atoms with Crippen LogP contribution >= 0.6 is 0 Å². The molecular weight excluding hydrogens is 522 g/mol. The number of halogens is 2. The van der Waals surface area contributed by atoms with Crippen molar-refractivity contribution >= 4 is 16.9 Å². The van der Waals surface area contributed by atoms with Gasteiger partial charge < -0.3 is 15.0 Å². The Balaban J connectivity index is 1.13. The number of nitrogens with one attached hydrogen (secondary N) is 1. The number of aryl methyl sites for hydroxylation is 2. The summed E-state index contributed by atoms with van der Waals surface area (Å²) in [6, 6.07) is 4.53. The molecule has 3 aliphatic rings. The molecule has 2 heterocycles. The number of likely N-dealkylation sites (tertiary alicyclic amines) is 2. The van der Waals surface area contributed by atoms with Crippen LogP contribution in [-0.2, 0) is 15.8 Å². The number of nitrogens with zero attached hydrogens (tertiary/aromatic N) is 3. The number of piperidine rings is 1. The van der Waals surface area contributed by atoms with Gasteiger partial charge in [-0.1, -0.05) is 0 Å². The van der Waals surface area contributed by atoms with Gasteiger partial charge in [0, 0.05) is 51.6 Å². The Morgan fingerprint density at radius 2 is 1.74 bits per heavy atom. The topological polar surface area (TPSA) is 65.1 Å². The fourth-order valence-electron chi connectivity index (χ4n) is 6.52. The number of ether oxygens (including phenoxy) is 1. The molecule has 7 nitrogen and oxygen atoms in total. The highest BCUT2D eigenvalue weighted by Crippen LogP contribution is 2.31. The van der Waals surface area contributed by atoms with Crippen molar-refractivity contribution in [3.63, 3.8) is 0 Å². The van der Waals surface area contributed by atoms with E-state index >= 15 is 0 Å². The summed E-state index contributed by atoms with van der Waals surface area (Å²) in [5, 5.41) is 3.20. The molecule has 39 heavy (non-hydrogen) atoms. The molecule has 2 aliphatic heterocycles. The predicted molar refractivity (Wildman–Crippen MR) is 151 cm³/mol. The van der Waals surface area contributed by atoms with Crippen molar-refractivity contribution in [1.29, 1.82) is 0 Å². The molecule has 0 aromatic heterocycles. The van der Waals surface area contributed by atoms with Gasteiger partial charge in [0.15, 0.2) is 0 Å². The number of carbonyl (C=O) groups excluding carboxylic acids is 1. The van der Waals surface area contributed by atoms with E-state index in [1.165, 1.54) is 0 Å². The van der Waals surface area contributed by atoms with E-state index in [-0.39, 0.29) is 24.9 Å². The van der Waals surface area contributed by atoms with Crippen molar-refractivity contribution in [2.24, 2.45) is 5.92 Å². The average molecular weight is 569 g/mol. The van der Waals surface area contributed by atoms with Gasteiger partial charge in [-0.3, -0.25) is 9.69 Å². The highest BCUT2D eigenvalue weighted by Gasteiger charge is 2.39. The van der Waals surface area contributed by atoms with E-state index in [1.807, 2.05) is 30.9 Å². The second-order valence-electron chi connectivity index (χ2n) is 11.8. The van der Waals surface area contributed by atoms with E-state index in [4.69, 9.17) is 4.74 Å². The summed E-state index contributed by atoms with van der Waals surface area (Å²) in [7, 11) is 2.07. The normalized spacial score (nSPS) is 25.6. The second-order valence-corrected chi connectivity index (χ2v) is 13.4. The van der Waals surface area contributed by atoms with Gasteiger partial charge in [0.2, 0.25) is 5.91 Å². The summed E-state index contributed by atoms with van der Waals surface area (Å²) in [5.74, 6) is -1.22. The number of carbonyl (C=O) groups is 1. The summed E-state index contributed by atoms with van der Waals surface area (Å²) < 4.78 is 47.2. The molecule has 1 amide bonds. The number of amides is 1. The van der Waals surface area contributed by atoms with Crippen LogP contribution in [0.2, 0.25) is 0 Å². The molecule has 0 spiro atoms. The Morgan fingerprint density at radius 1 is 1.10 bits per heavy atom. The quantitative estimate of drug-likeness (QED) is 0.460. The van der Waals surface area contributed by atoms with Crippen molar-refractivity contribution in [3.05, 3.63) is 23.3 Å². The molecule has 3 fully saturated rings. The molecule has 1 aliphatic carbocycles. The number of hydrogen-bond donors (Lipinski definition) is 1. The summed E-state index contributed by atoms with van der Waals surface area (Å²) >= 11 is 0. The van der Waals surface area contributed by atoms with Crippen molar-refractivity contribution in [2.45, 2.75) is 88.1 Å². The first-order chi connectivity index (χ1) is 18.5. The maximum absolute atomic E-state index is 13.5. The molecule has 1 N–H and O–H groups in total. The summed E-state index contributed by atoms with van der Waals surface area (Å²) in [5.41, 5.74) is 1.83. The van der Waals surface area contributed by atoms with Gasteiger partial charge in [-0.25, -0.2) is 17.3 Å². The van der Waals surface area contributed by atoms with Crippen LogP contribution in [0.3, 0.4) is 0 Å². The minimum absolute atomic E-state index is 0.00488.